The van der Waals surface area contributed by atoms with E-state index in [4.69, 9.17) is 9.47 Å². The van der Waals surface area contributed by atoms with Crippen molar-refractivity contribution in [3.63, 3.8) is 0 Å². The summed E-state index contributed by atoms with van der Waals surface area (Å²) >= 11 is 0. The molecule has 0 amide bonds. The monoisotopic (exact) mass is 448 g/mol. The molecule has 2 atom stereocenters. The third-order valence-corrected chi connectivity index (χ3v) is 6.08. The lowest BCUT2D eigenvalue weighted by Crippen LogP contribution is -2.26. The highest BCUT2D eigenvalue weighted by molar-refractivity contribution is 5.51. The van der Waals surface area contributed by atoms with E-state index in [9.17, 15) is 13.2 Å². The summed E-state index contributed by atoms with van der Waals surface area (Å²) < 4.78 is 55.3. The first-order chi connectivity index (χ1) is 15.3. The van der Waals surface area contributed by atoms with Crippen LogP contribution < -0.4 is 4.74 Å². The van der Waals surface area contributed by atoms with E-state index < -0.39 is 17.5 Å². The van der Waals surface area contributed by atoms with Crippen molar-refractivity contribution in [3.05, 3.63) is 77.9 Å². The second-order valence-corrected chi connectivity index (χ2v) is 8.36. The molecule has 2 aliphatic rings. The molecule has 0 N–H and O–H groups in total. The fourth-order valence-corrected chi connectivity index (χ4v) is 4.19. The highest BCUT2D eigenvalue weighted by Gasteiger charge is 2.29. The molecule has 2 aliphatic heterocycles. The third-order valence-electron chi connectivity index (χ3n) is 6.08. The van der Waals surface area contributed by atoms with Crippen molar-refractivity contribution in [2.45, 2.75) is 71.3 Å². The van der Waals surface area contributed by atoms with E-state index in [1.807, 2.05) is 0 Å². The van der Waals surface area contributed by atoms with Crippen molar-refractivity contribution < 1.29 is 22.6 Å². The van der Waals surface area contributed by atoms with Crippen LogP contribution in [0.1, 0.15) is 63.5 Å². The lowest BCUT2D eigenvalue weighted by atomic mass is 9.91. The number of benzene rings is 1. The lowest BCUT2D eigenvalue weighted by molar-refractivity contribution is -0.0216. The van der Waals surface area contributed by atoms with E-state index in [-0.39, 0.29) is 29.6 Å². The smallest absolute Gasteiger partial charge is 0.201 e. The molecule has 3 rings (SSSR count). The molecule has 5 heteroatoms. The summed E-state index contributed by atoms with van der Waals surface area (Å²) in [4.78, 5) is 0. The third kappa shape index (κ3) is 5.94. The Morgan fingerprint density at radius 1 is 1.12 bits per heavy atom. The molecule has 2 heterocycles. The average molecular weight is 449 g/mol. The number of allylic oxidation sites excluding steroid dienone is 3. The first kappa shape index (κ1) is 26.0. The molecule has 176 valence electrons. The molecule has 1 aromatic carbocycles. The van der Waals surface area contributed by atoms with Crippen molar-refractivity contribution in [2.75, 3.05) is 6.61 Å². The Bertz CT molecular complexity index is 864. The second kappa shape index (κ2) is 12.1. The number of fused-ring (bicyclic) bond motifs is 1. The van der Waals surface area contributed by atoms with Crippen LogP contribution in [0.4, 0.5) is 13.2 Å². The summed E-state index contributed by atoms with van der Waals surface area (Å²) in [6, 6.07) is 1.62. The summed E-state index contributed by atoms with van der Waals surface area (Å²) in [6.45, 7) is 18.2. The van der Waals surface area contributed by atoms with Crippen LogP contribution in [0, 0.1) is 17.6 Å². The predicted molar refractivity (Wildman–Crippen MR) is 124 cm³/mol. The molecule has 0 radical (unpaired) electrons. The van der Waals surface area contributed by atoms with Crippen molar-refractivity contribution >= 4 is 0 Å². The minimum atomic E-state index is -1.07. The van der Waals surface area contributed by atoms with Gasteiger partial charge < -0.3 is 9.47 Å². The molecule has 0 spiro atoms. The molecular formula is C27H35F3O2. The van der Waals surface area contributed by atoms with Crippen LogP contribution in [0.3, 0.4) is 0 Å². The van der Waals surface area contributed by atoms with E-state index in [2.05, 4.69) is 33.2 Å². The van der Waals surface area contributed by atoms with Gasteiger partial charge >= 0.3 is 0 Å². The van der Waals surface area contributed by atoms with E-state index in [0.29, 0.717) is 41.9 Å². The van der Waals surface area contributed by atoms with Gasteiger partial charge in [-0.2, -0.15) is 4.39 Å². The van der Waals surface area contributed by atoms with Gasteiger partial charge in [-0.3, -0.25) is 0 Å². The van der Waals surface area contributed by atoms with Crippen molar-refractivity contribution in [2.24, 2.45) is 5.92 Å². The van der Waals surface area contributed by atoms with Gasteiger partial charge in [-0.25, -0.2) is 8.78 Å². The van der Waals surface area contributed by atoms with Crippen molar-refractivity contribution in [1.29, 1.82) is 0 Å². The summed E-state index contributed by atoms with van der Waals surface area (Å²) in [5.41, 5.74) is 1.41. The highest BCUT2D eigenvalue weighted by Crippen LogP contribution is 2.39. The molecule has 32 heavy (non-hydrogen) atoms. The van der Waals surface area contributed by atoms with Crippen molar-refractivity contribution in [1.82, 2.24) is 0 Å². The zero-order chi connectivity index (χ0) is 23.8. The number of hydrogen-bond acceptors (Lipinski definition) is 2. The Morgan fingerprint density at radius 2 is 1.84 bits per heavy atom. The standard InChI is InChI=1S/C25H31F3O2.C2H4/c1-5-7-17-8-10-20(29-14-17)11-9-18-13-19-12-16(4)24(21(26)15(3)6-2)30-25(19)23(28)22(18)27;1-2/h13,17,20H,3-12,14H2,1-2H3;1-2H2/b24-21-;. The maximum absolute atomic E-state index is 14.8. The Labute approximate surface area is 190 Å². The average Bonchev–Trinajstić information content (AvgIpc) is 2.81. The normalized spacial score (nSPS) is 21.7. The molecule has 0 aliphatic carbocycles. The van der Waals surface area contributed by atoms with Crippen LogP contribution in [0.5, 0.6) is 5.75 Å². The van der Waals surface area contributed by atoms with Gasteiger partial charge in [0, 0.05) is 18.6 Å². The van der Waals surface area contributed by atoms with Crippen LogP contribution >= 0.6 is 0 Å². The Kier molecular flexibility index (Phi) is 9.83. The minimum Gasteiger partial charge on any atom is -0.450 e. The van der Waals surface area contributed by atoms with Gasteiger partial charge in [0.15, 0.2) is 23.2 Å². The van der Waals surface area contributed by atoms with Gasteiger partial charge in [-0.15, -0.1) is 13.2 Å². The quantitative estimate of drug-likeness (QED) is 0.394. The van der Waals surface area contributed by atoms with Gasteiger partial charge in [0.1, 0.15) is 0 Å². The number of halogens is 3. The van der Waals surface area contributed by atoms with Gasteiger partial charge in [-0.1, -0.05) is 33.4 Å². The summed E-state index contributed by atoms with van der Waals surface area (Å²) in [5, 5.41) is 0. The van der Waals surface area contributed by atoms with Gasteiger partial charge in [-0.05, 0) is 67.2 Å². The van der Waals surface area contributed by atoms with Crippen LogP contribution in [0.15, 0.2) is 55.1 Å². The Morgan fingerprint density at radius 3 is 2.44 bits per heavy atom. The molecule has 1 saturated heterocycles. The maximum atomic E-state index is 14.8. The molecule has 2 nitrogen and oxygen atoms in total. The number of hydrogen-bond donors (Lipinski definition) is 0. The van der Waals surface area contributed by atoms with E-state index >= 15 is 0 Å². The fourth-order valence-electron chi connectivity index (χ4n) is 4.19. The van der Waals surface area contributed by atoms with Crippen LogP contribution in [-0.2, 0) is 17.6 Å². The second-order valence-electron chi connectivity index (χ2n) is 8.36. The summed E-state index contributed by atoms with van der Waals surface area (Å²) in [6.07, 6.45) is 6.09. The van der Waals surface area contributed by atoms with Crippen molar-refractivity contribution in [3.8, 4) is 5.75 Å². The first-order valence-electron chi connectivity index (χ1n) is 11.4. The Balaban J connectivity index is 0.00000176. The number of ether oxygens (including phenoxy) is 2. The number of rotatable bonds is 7. The summed E-state index contributed by atoms with van der Waals surface area (Å²) in [7, 11) is 0. The van der Waals surface area contributed by atoms with E-state index in [0.717, 1.165) is 25.9 Å². The largest absolute Gasteiger partial charge is 0.450 e. The molecular weight excluding hydrogens is 413 g/mol. The van der Waals surface area contributed by atoms with Gasteiger partial charge in [0.05, 0.1) is 6.10 Å². The van der Waals surface area contributed by atoms with E-state index in [1.165, 1.54) is 6.42 Å². The molecule has 1 fully saturated rings. The summed E-state index contributed by atoms with van der Waals surface area (Å²) in [5.74, 6) is -2.47. The van der Waals surface area contributed by atoms with E-state index in [1.54, 1.807) is 13.0 Å². The van der Waals surface area contributed by atoms with Gasteiger partial charge in [0.2, 0.25) is 5.82 Å². The molecule has 0 saturated carbocycles. The molecule has 2 unspecified atom stereocenters. The van der Waals surface area contributed by atoms with Crippen LogP contribution in [0.25, 0.3) is 0 Å². The molecule has 0 bridgehead atoms. The zero-order valence-electron chi connectivity index (χ0n) is 19.4. The van der Waals surface area contributed by atoms with Crippen LogP contribution in [-0.4, -0.2) is 12.7 Å². The van der Waals surface area contributed by atoms with Gasteiger partial charge in [0.25, 0.3) is 0 Å². The van der Waals surface area contributed by atoms with Crippen LogP contribution in [0.2, 0.25) is 0 Å². The fraction of sp³-hybridized carbons (Fsp3) is 0.481. The molecule has 1 aromatic rings. The highest BCUT2D eigenvalue weighted by atomic mass is 19.2. The maximum Gasteiger partial charge on any atom is 0.201 e. The SMILES string of the molecule is C=C.C=C(CC)/C(F)=C1/Oc2c(cc(CCC3CCC(CCC)CO3)c(F)c2F)CC1=C. The zero-order valence-corrected chi connectivity index (χ0v) is 19.4. The predicted octanol–water partition coefficient (Wildman–Crippen LogP) is 7.93. The first-order valence-corrected chi connectivity index (χ1v) is 11.4. The lowest BCUT2D eigenvalue weighted by Gasteiger charge is -2.29. The number of aryl methyl sites for hydroxylation is 1. The minimum absolute atomic E-state index is 0.0755. The Hall–Kier alpha value is -2.27. The molecule has 0 aromatic heterocycles. The topological polar surface area (TPSA) is 18.5 Å².